The maximum Gasteiger partial charge on any atom is 0.311 e. The molecule has 0 spiro atoms. The zero-order chi connectivity index (χ0) is 13.2. The van der Waals surface area contributed by atoms with Crippen LogP contribution in [0, 0.1) is 11.3 Å². The highest BCUT2D eigenvalue weighted by molar-refractivity contribution is 5.84. The molecule has 0 aromatic rings. The number of rotatable bonds is 4. The maximum absolute atomic E-state index is 11.9. The van der Waals surface area contributed by atoms with Crippen LogP contribution in [0.1, 0.15) is 33.6 Å². The van der Waals surface area contributed by atoms with Crippen LogP contribution < -0.4 is 5.73 Å². The highest BCUT2D eigenvalue weighted by atomic mass is 16.4. The van der Waals surface area contributed by atoms with E-state index in [1.807, 2.05) is 20.8 Å². The normalized spacial score (nSPS) is 26.3. The number of hydrogen-bond acceptors (Lipinski definition) is 3. The second kappa shape index (κ2) is 5.04. The molecule has 0 bridgehead atoms. The van der Waals surface area contributed by atoms with E-state index in [-0.39, 0.29) is 18.4 Å². The molecule has 0 saturated carbocycles. The van der Waals surface area contributed by atoms with Gasteiger partial charge in [-0.25, -0.2) is 0 Å². The predicted octanol–water partition coefficient (Wildman–Crippen LogP) is 0.683. The monoisotopic (exact) mass is 242 g/mol. The fourth-order valence-electron chi connectivity index (χ4n) is 2.32. The summed E-state index contributed by atoms with van der Waals surface area (Å²) in [7, 11) is 0. The molecule has 0 radical (unpaired) electrons. The molecule has 1 fully saturated rings. The third kappa shape index (κ3) is 2.44. The molecule has 2 atom stereocenters. The Morgan fingerprint density at radius 2 is 2.06 bits per heavy atom. The van der Waals surface area contributed by atoms with Crippen molar-refractivity contribution in [3.63, 3.8) is 0 Å². The van der Waals surface area contributed by atoms with E-state index in [0.717, 1.165) is 0 Å². The number of hydrogen-bond donors (Lipinski definition) is 2. The lowest BCUT2D eigenvalue weighted by Gasteiger charge is -2.29. The molecular weight excluding hydrogens is 220 g/mol. The molecule has 1 aliphatic rings. The molecule has 1 unspecified atom stereocenters. The van der Waals surface area contributed by atoms with E-state index < -0.39 is 17.4 Å². The Kier molecular flexibility index (Phi) is 4.14. The lowest BCUT2D eigenvalue weighted by atomic mass is 9.76. The lowest BCUT2D eigenvalue weighted by Crippen LogP contribution is -2.45. The van der Waals surface area contributed by atoms with Crippen molar-refractivity contribution < 1.29 is 14.7 Å². The van der Waals surface area contributed by atoms with Crippen LogP contribution in [0.3, 0.4) is 0 Å². The van der Waals surface area contributed by atoms with Gasteiger partial charge in [-0.15, -0.1) is 0 Å². The first-order chi connectivity index (χ1) is 7.85. The molecule has 3 N–H and O–H groups in total. The van der Waals surface area contributed by atoms with E-state index in [9.17, 15) is 14.7 Å². The van der Waals surface area contributed by atoms with E-state index >= 15 is 0 Å². The van der Waals surface area contributed by atoms with Crippen molar-refractivity contribution >= 4 is 11.9 Å². The number of carbonyl (C=O) groups is 2. The number of nitrogens with two attached hydrogens (primary N) is 1. The van der Waals surface area contributed by atoms with Crippen LogP contribution in [0.15, 0.2) is 0 Å². The molecule has 1 amide bonds. The third-order valence-corrected chi connectivity index (χ3v) is 3.90. The van der Waals surface area contributed by atoms with Crippen molar-refractivity contribution in [2.45, 2.75) is 39.7 Å². The van der Waals surface area contributed by atoms with Gasteiger partial charge in [0.1, 0.15) is 0 Å². The Morgan fingerprint density at radius 3 is 2.41 bits per heavy atom. The van der Waals surface area contributed by atoms with Crippen LogP contribution in [0.4, 0.5) is 0 Å². The number of carbonyl (C=O) groups excluding carboxylic acids is 1. The summed E-state index contributed by atoms with van der Waals surface area (Å²) in [6.45, 7) is 6.42. The zero-order valence-electron chi connectivity index (χ0n) is 10.8. The van der Waals surface area contributed by atoms with E-state index in [1.54, 1.807) is 4.90 Å². The maximum atomic E-state index is 11.9. The van der Waals surface area contributed by atoms with Gasteiger partial charge in [0.25, 0.3) is 0 Å². The Hall–Kier alpha value is -1.10. The summed E-state index contributed by atoms with van der Waals surface area (Å²) >= 11 is 0. The SMILES string of the molecule is CC[C@@H](N)C(=O)N1CCC(C(=O)O)(C(C)C)C1. The minimum Gasteiger partial charge on any atom is -0.481 e. The number of carboxylic acids is 1. The third-order valence-electron chi connectivity index (χ3n) is 3.90. The minimum atomic E-state index is -0.812. The van der Waals surface area contributed by atoms with Crippen LogP contribution in [0.2, 0.25) is 0 Å². The van der Waals surface area contributed by atoms with Crippen LogP contribution in [0.5, 0.6) is 0 Å². The number of nitrogens with zero attached hydrogens (tertiary/aromatic N) is 1. The topological polar surface area (TPSA) is 83.6 Å². The average molecular weight is 242 g/mol. The molecule has 1 rings (SSSR count). The molecule has 1 aliphatic heterocycles. The van der Waals surface area contributed by atoms with Crippen molar-refractivity contribution in [2.24, 2.45) is 17.1 Å². The van der Waals surface area contributed by atoms with Crippen LogP contribution in [0.25, 0.3) is 0 Å². The van der Waals surface area contributed by atoms with Crippen LogP contribution in [-0.2, 0) is 9.59 Å². The number of carboxylic acid groups (broad SMARTS) is 1. The molecular formula is C12H22N2O3. The smallest absolute Gasteiger partial charge is 0.311 e. The Labute approximate surface area is 102 Å². The molecule has 5 heteroatoms. The number of aliphatic carboxylic acids is 1. The first-order valence-corrected chi connectivity index (χ1v) is 6.13. The fraction of sp³-hybridized carbons (Fsp3) is 0.833. The van der Waals surface area contributed by atoms with E-state index in [1.165, 1.54) is 0 Å². The summed E-state index contributed by atoms with van der Waals surface area (Å²) in [6.07, 6.45) is 1.10. The van der Waals surface area contributed by atoms with Crippen LogP contribution >= 0.6 is 0 Å². The molecule has 5 nitrogen and oxygen atoms in total. The van der Waals surface area contributed by atoms with Gasteiger partial charge in [0, 0.05) is 13.1 Å². The quantitative estimate of drug-likeness (QED) is 0.759. The largest absolute Gasteiger partial charge is 0.481 e. The van der Waals surface area contributed by atoms with Crippen LogP contribution in [-0.4, -0.2) is 41.0 Å². The van der Waals surface area contributed by atoms with E-state index in [2.05, 4.69) is 0 Å². The molecule has 0 aromatic carbocycles. The van der Waals surface area contributed by atoms with E-state index in [0.29, 0.717) is 19.4 Å². The molecule has 1 saturated heterocycles. The Morgan fingerprint density at radius 1 is 1.47 bits per heavy atom. The number of likely N-dealkylation sites (tertiary alicyclic amines) is 1. The summed E-state index contributed by atoms with van der Waals surface area (Å²) in [4.78, 5) is 24.9. The predicted molar refractivity (Wildman–Crippen MR) is 64.4 cm³/mol. The van der Waals surface area contributed by atoms with Gasteiger partial charge in [0.2, 0.25) is 5.91 Å². The molecule has 1 heterocycles. The fourth-order valence-corrected chi connectivity index (χ4v) is 2.32. The van der Waals surface area contributed by atoms with Crippen molar-refractivity contribution in [1.29, 1.82) is 0 Å². The van der Waals surface area contributed by atoms with Gasteiger partial charge in [0.05, 0.1) is 11.5 Å². The van der Waals surface area contributed by atoms with Crippen molar-refractivity contribution in [3.8, 4) is 0 Å². The summed E-state index contributed by atoms with van der Waals surface area (Å²) in [6, 6.07) is -0.508. The first kappa shape index (κ1) is 14.0. The molecule has 0 aromatic heterocycles. The summed E-state index contributed by atoms with van der Waals surface area (Å²) in [5.41, 5.74) is 4.90. The van der Waals surface area contributed by atoms with Gasteiger partial charge in [-0.1, -0.05) is 20.8 Å². The van der Waals surface area contributed by atoms with Gasteiger partial charge in [-0.05, 0) is 18.8 Å². The zero-order valence-corrected chi connectivity index (χ0v) is 10.8. The standard InChI is InChI=1S/C12H22N2O3/c1-4-9(13)10(15)14-6-5-12(7-14,8(2)3)11(16)17/h8-9H,4-7,13H2,1-3H3,(H,16,17)/t9-,12?/m1/s1. The molecule has 0 aliphatic carbocycles. The average Bonchev–Trinajstić information content (AvgIpc) is 2.73. The highest BCUT2D eigenvalue weighted by Gasteiger charge is 2.48. The molecule has 17 heavy (non-hydrogen) atoms. The van der Waals surface area contributed by atoms with Gasteiger partial charge >= 0.3 is 5.97 Å². The Bertz CT molecular complexity index is 317. The first-order valence-electron chi connectivity index (χ1n) is 6.13. The highest BCUT2D eigenvalue weighted by Crippen LogP contribution is 2.38. The van der Waals surface area contributed by atoms with Crippen molar-refractivity contribution in [1.82, 2.24) is 4.90 Å². The molecule has 98 valence electrons. The second-order valence-corrected chi connectivity index (χ2v) is 5.14. The summed E-state index contributed by atoms with van der Waals surface area (Å²) in [5.74, 6) is -0.931. The number of amides is 1. The van der Waals surface area contributed by atoms with Gasteiger partial charge < -0.3 is 15.7 Å². The minimum absolute atomic E-state index is 0.00986. The van der Waals surface area contributed by atoms with Crippen molar-refractivity contribution in [2.75, 3.05) is 13.1 Å². The lowest BCUT2D eigenvalue weighted by molar-refractivity contribution is -0.151. The second-order valence-electron chi connectivity index (χ2n) is 5.14. The van der Waals surface area contributed by atoms with Crippen molar-refractivity contribution in [3.05, 3.63) is 0 Å². The van der Waals surface area contributed by atoms with Gasteiger partial charge in [-0.2, -0.15) is 0 Å². The summed E-state index contributed by atoms with van der Waals surface area (Å²) < 4.78 is 0. The van der Waals surface area contributed by atoms with Gasteiger partial charge in [-0.3, -0.25) is 9.59 Å². The summed E-state index contributed by atoms with van der Waals surface area (Å²) in [5, 5.41) is 9.36. The Balaban J connectivity index is 2.80. The van der Waals surface area contributed by atoms with Gasteiger partial charge in [0.15, 0.2) is 0 Å². The van der Waals surface area contributed by atoms with E-state index in [4.69, 9.17) is 5.73 Å².